The number of benzene rings is 1. The first-order valence-electron chi connectivity index (χ1n) is 8.14. The Labute approximate surface area is 146 Å². The van der Waals surface area contributed by atoms with Crippen molar-refractivity contribution in [3.8, 4) is 5.75 Å². The van der Waals surface area contributed by atoms with Crippen LogP contribution >= 0.6 is 0 Å². The molecule has 1 N–H and O–H groups in total. The van der Waals surface area contributed by atoms with Gasteiger partial charge in [-0.2, -0.15) is 0 Å². The van der Waals surface area contributed by atoms with Gasteiger partial charge in [0, 0.05) is 44.8 Å². The number of amides is 2. The summed E-state index contributed by atoms with van der Waals surface area (Å²) in [6.45, 7) is 2.71. The lowest BCUT2D eigenvalue weighted by Gasteiger charge is -2.34. The smallest absolute Gasteiger partial charge is 0.321 e. The highest BCUT2D eigenvalue weighted by atomic mass is 16.5. The molecule has 1 aromatic carbocycles. The average molecular weight is 339 g/mol. The fourth-order valence-electron chi connectivity index (χ4n) is 2.61. The highest BCUT2D eigenvalue weighted by Gasteiger charge is 2.21. The van der Waals surface area contributed by atoms with Crippen LogP contribution in [0, 0.1) is 0 Å². The van der Waals surface area contributed by atoms with Gasteiger partial charge in [-0.05, 0) is 29.8 Å². The fraction of sp³-hybridized carbons (Fsp3) is 0.278. The third-order valence-electron chi connectivity index (χ3n) is 3.98. The van der Waals surface area contributed by atoms with Crippen LogP contribution in [0.5, 0.6) is 5.75 Å². The van der Waals surface area contributed by atoms with Gasteiger partial charge in [-0.15, -0.1) is 0 Å². The molecule has 0 bridgehead atoms. The van der Waals surface area contributed by atoms with Gasteiger partial charge >= 0.3 is 6.03 Å². The molecule has 0 atom stereocenters. The Morgan fingerprint density at radius 2 is 1.92 bits per heavy atom. The molecular weight excluding hydrogens is 318 g/mol. The second-order valence-electron chi connectivity index (χ2n) is 5.58. The van der Waals surface area contributed by atoms with Crippen molar-refractivity contribution >= 4 is 18.1 Å². The van der Waals surface area contributed by atoms with E-state index in [1.807, 2.05) is 30.3 Å². The van der Waals surface area contributed by atoms with Crippen molar-refractivity contribution in [2.75, 3.05) is 38.2 Å². The van der Waals surface area contributed by atoms with Crippen LogP contribution in [0.25, 0.3) is 6.08 Å². The Balaban J connectivity index is 1.48. The van der Waals surface area contributed by atoms with Gasteiger partial charge in [-0.3, -0.25) is 0 Å². The zero-order valence-electron chi connectivity index (χ0n) is 14.1. The van der Waals surface area contributed by atoms with Gasteiger partial charge in [0.25, 0.3) is 0 Å². The van der Waals surface area contributed by atoms with Crippen molar-refractivity contribution in [2.45, 2.75) is 0 Å². The third kappa shape index (κ3) is 4.47. The van der Waals surface area contributed by atoms with E-state index in [1.165, 1.54) is 0 Å². The Bertz CT molecular complexity index is 727. The maximum absolute atomic E-state index is 12.2. The SMILES string of the molecule is COc1cccc(/C=C/NC(=O)N2CCN(c3ncccn3)CC2)c1. The Morgan fingerprint density at radius 1 is 1.16 bits per heavy atom. The van der Waals surface area contributed by atoms with Crippen LogP contribution in [0.4, 0.5) is 10.7 Å². The normalized spacial score (nSPS) is 14.6. The minimum atomic E-state index is -0.104. The summed E-state index contributed by atoms with van der Waals surface area (Å²) in [6.07, 6.45) is 6.95. The molecule has 2 amide bonds. The predicted octanol–water partition coefficient (Wildman–Crippen LogP) is 1.99. The highest BCUT2D eigenvalue weighted by Crippen LogP contribution is 2.13. The number of aromatic nitrogens is 2. The van der Waals surface area contributed by atoms with E-state index in [0.717, 1.165) is 24.4 Å². The van der Waals surface area contributed by atoms with E-state index in [1.54, 1.807) is 36.7 Å². The molecule has 2 heterocycles. The van der Waals surface area contributed by atoms with Crippen molar-refractivity contribution in [1.82, 2.24) is 20.2 Å². The molecule has 7 nitrogen and oxygen atoms in total. The first kappa shape index (κ1) is 16.8. The zero-order chi connectivity index (χ0) is 17.5. The standard InChI is InChI=1S/C18H21N5O2/c1-25-16-5-2-4-15(14-16)6-9-21-18(24)23-12-10-22(11-13-23)17-19-7-3-8-20-17/h2-9,14H,10-13H2,1H3,(H,21,24)/b9-6+. The number of methoxy groups -OCH3 is 1. The number of ether oxygens (including phenoxy) is 1. The van der Waals surface area contributed by atoms with Crippen molar-refractivity contribution in [1.29, 1.82) is 0 Å². The summed E-state index contributed by atoms with van der Waals surface area (Å²) in [7, 11) is 1.63. The second-order valence-corrected chi connectivity index (χ2v) is 5.58. The van der Waals surface area contributed by atoms with Gasteiger partial charge in [0.1, 0.15) is 5.75 Å². The summed E-state index contributed by atoms with van der Waals surface area (Å²) < 4.78 is 5.18. The highest BCUT2D eigenvalue weighted by molar-refractivity contribution is 5.76. The number of piperazine rings is 1. The molecule has 1 saturated heterocycles. The second kappa shape index (κ2) is 8.14. The summed E-state index contributed by atoms with van der Waals surface area (Å²) in [4.78, 5) is 24.6. The van der Waals surface area contributed by atoms with Crippen LogP contribution in [-0.2, 0) is 0 Å². The molecule has 25 heavy (non-hydrogen) atoms. The molecular formula is C18H21N5O2. The molecule has 1 aromatic heterocycles. The molecule has 7 heteroatoms. The lowest BCUT2D eigenvalue weighted by atomic mass is 10.2. The average Bonchev–Trinajstić information content (AvgIpc) is 2.69. The minimum absolute atomic E-state index is 0.104. The van der Waals surface area contributed by atoms with Gasteiger partial charge in [-0.25, -0.2) is 14.8 Å². The van der Waals surface area contributed by atoms with E-state index in [9.17, 15) is 4.79 Å². The molecule has 1 fully saturated rings. The largest absolute Gasteiger partial charge is 0.497 e. The number of carbonyl (C=O) groups is 1. The number of nitrogens with zero attached hydrogens (tertiary/aromatic N) is 4. The van der Waals surface area contributed by atoms with Gasteiger partial charge in [-0.1, -0.05) is 12.1 Å². The molecule has 0 saturated carbocycles. The van der Waals surface area contributed by atoms with Crippen molar-refractivity contribution in [2.24, 2.45) is 0 Å². The van der Waals surface area contributed by atoms with Crippen LogP contribution in [-0.4, -0.2) is 54.2 Å². The van der Waals surface area contributed by atoms with E-state index in [2.05, 4.69) is 20.2 Å². The molecule has 3 rings (SSSR count). The minimum Gasteiger partial charge on any atom is -0.497 e. The van der Waals surface area contributed by atoms with Crippen molar-refractivity contribution in [3.63, 3.8) is 0 Å². The van der Waals surface area contributed by atoms with Crippen LogP contribution in [0.2, 0.25) is 0 Å². The fourth-order valence-corrected chi connectivity index (χ4v) is 2.61. The lowest BCUT2D eigenvalue weighted by Crippen LogP contribution is -2.51. The van der Waals surface area contributed by atoms with E-state index in [0.29, 0.717) is 19.0 Å². The first-order valence-corrected chi connectivity index (χ1v) is 8.14. The topological polar surface area (TPSA) is 70.6 Å². The monoisotopic (exact) mass is 339 g/mol. The van der Waals surface area contributed by atoms with Crippen LogP contribution < -0.4 is 15.0 Å². The predicted molar refractivity (Wildman–Crippen MR) is 96.4 cm³/mol. The number of carbonyl (C=O) groups excluding carboxylic acids is 1. The number of rotatable bonds is 4. The molecule has 0 unspecified atom stereocenters. The van der Waals surface area contributed by atoms with Crippen LogP contribution in [0.1, 0.15) is 5.56 Å². The molecule has 0 aliphatic carbocycles. The van der Waals surface area contributed by atoms with E-state index < -0.39 is 0 Å². The molecule has 1 aliphatic heterocycles. The maximum Gasteiger partial charge on any atom is 0.321 e. The summed E-state index contributed by atoms with van der Waals surface area (Å²) in [5.74, 6) is 1.49. The van der Waals surface area contributed by atoms with Crippen molar-refractivity contribution < 1.29 is 9.53 Å². The molecule has 130 valence electrons. The Hall–Kier alpha value is -3.09. The first-order chi connectivity index (χ1) is 12.3. The molecule has 0 spiro atoms. The van der Waals surface area contributed by atoms with Crippen molar-refractivity contribution in [3.05, 3.63) is 54.5 Å². The number of nitrogens with one attached hydrogen (secondary N) is 1. The van der Waals surface area contributed by atoms with Gasteiger partial charge in [0.15, 0.2) is 0 Å². The van der Waals surface area contributed by atoms with E-state index in [4.69, 9.17) is 4.74 Å². The Kier molecular flexibility index (Phi) is 5.46. The van der Waals surface area contributed by atoms with E-state index >= 15 is 0 Å². The van der Waals surface area contributed by atoms with Gasteiger partial charge in [0.2, 0.25) is 5.95 Å². The molecule has 1 aliphatic rings. The van der Waals surface area contributed by atoms with Crippen LogP contribution in [0.15, 0.2) is 48.9 Å². The maximum atomic E-state index is 12.2. The number of hydrogen-bond acceptors (Lipinski definition) is 5. The quantitative estimate of drug-likeness (QED) is 0.922. The van der Waals surface area contributed by atoms with Crippen LogP contribution in [0.3, 0.4) is 0 Å². The Morgan fingerprint density at radius 3 is 2.64 bits per heavy atom. The zero-order valence-corrected chi connectivity index (χ0v) is 14.1. The lowest BCUT2D eigenvalue weighted by molar-refractivity contribution is 0.198. The summed E-state index contributed by atoms with van der Waals surface area (Å²) in [6, 6.07) is 9.33. The van der Waals surface area contributed by atoms with Gasteiger partial charge < -0.3 is 19.9 Å². The number of anilines is 1. The summed E-state index contributed by atoms with van der Waals surface area (Å²) >= 11 is 0. The molecule has 2 aromatic rings. The van der Waals surface area contributed by atoms with Gasteiger partial charge in [0.05, 0.1) is 7.11 Å². The third-order valence-corrected chi connectivity index (χ3v) is 3.98. The number of hydrogen-bond donors (Lipinski definition) is 1. The van der Waals surface area contributed by atoms with E-state index in [-0.39, 0.29) is 6.03 Å². The summed E-state index contributed by atoms with van der Waals surface area (Å²) in [5, 5.41) is 2.81. The number of urea groups is 1. The molecule has 0 radical (unpaired) electrons. The summed E-state index contributed by atoms with van der Waals surface area (Å²) in [5.41, 5.74) is 0.964.